The predicted molar refractivity (Wildman–Crippen MR) is 83.6 cm³/mol. The third-order valence-corrected chi connectivity index (χ3v) is 3.44. The van der Waals surface area contributed by atoms with Crippen molar-refractivity contribution < 1.29 is 23.5 Å². The molecule has 23 heavy (non-hydrogen) atoms. The number of amides is 2. The molecule has 8 heteroatoms. The van der Waals surface area contributed by atoms with Crippen LogP contribution in [0.1, 0.15) is 16.1 Å². The first-order valence-corrected chi connectivity index (χ1v) is 7.30. The van der Waals surface area contributed by atoms with Crippen molar-refractivity contribution in [1.82, 2.24) is 5.32 Å². The SMILES string of the molecule is NC(=O)/C(=C\c1ccc2c(c1)OCO2)NC(=O)c1ccc(Br)o1. The lowest BCUT2D eigenvalue weighted by atomic mass is 10.1. The lowest BCUT2D eigenvalue weighted by molar-refractivity contribution is -0.114. The minimum atomic E-state index is -0.776. The van der Waals surface area contributed by atoms with Crippen molar-refractivity contribution in [3.8, 4) is 11.5 Å². The average molecular weight is 379 g/mol. The van der Waals surface area contributed by atoms with Crippen LogP contribution in [0.3, 0.4) is 0 Å². The van der Waals surface area contributed by atoms with E-state index in [-0.39, 0.29) is 18.3 Å². The van der Waals surface area contributed by atoms with Gasteiger partial charge in [-0.05, 0) is 51.8 Å². The molecule has 2 aromatic rings. The van der Waals surface area contributed by atoms with Gasteiger partial charge >= 0.3 is 0 Å². The van der Waals surface area contributed by atoms with Crippen LogP contribution in [-0.2, 0) is 4.79 Å². The number of rotatable bonds is 4. The second-order valence-corrected chi connectivity index (χ2v) is 5.37. The van der Waals surface area contributed by atoms with Gasteiger partial charge < -0.3 is 24.9 Å². The summed E-state index contributed by atoms with van der Waals surface area (Å²) >= 11 is 3.10. The number of benzene rings is 1. The number of carbonyl (C=O) groups is 2. The molecule has 1 aromatic heterocycles. The Kier molecular flexibility index (Phi) is 4.07. The predicted octanol–water partition coefficient (Wildman–Crippen LogP) is 2.03. The molecule has 118 valence electrons. The lowest BCUT2D eigenvalue weighted by Crippen LogP contribution is -2.30. The molecule has 0 aliphatic carbocycles. The number of hydrogen-bond acceptors (Lipinski definition) is 5. The van der Waals surface area contributed by atoms with Gasteiger partial charge in [0.05, 0.1) is 0 Å². The molecule has 0 saturated heterocycles. The third-order valence-electron chi connectivity index (χ3n) is 3.02. The molecule has 0 unspecified atom stereocenters. The Morgan fingerprint density at radius 1 is 1.17 bits per heavy atom. The van der Waals surface area contributed by atoms with Crippen molar-refractivity contribution in [2.45, 2.75) is 0 Å². The summed E-state index contributed by atoms with van der Waals surface area (Å²) in [5, 5.41) is 2.42. The molecule has 3 N–H and O–H groups in total. The molecule has 0 atom stereocenters. The summed E-state index contributed by atoms with van der Waals surface area (Å²) in [5.74, 6) is -0.131. The summed E-state index contributed by atoms with van der Waals surface area (Å²) < 4.78 is 16.0. The average Bonchev–Trinajstić information content (AvgIpc) is 3.14. The maximum atomic E-state index is 12.0. The molecule has 1 aliphatic heterocycles. The number of hydrogen-bond donors (Lipinski definition) is 2. The number of furan rings is 1. The summed E-state index contributed by atoms with van der Waals surface area (Å²) in [7, 11) is 0. The topological polar surface area (TPSA) is 104 Å². The second kappa shape index (κ2) is 6.17. The molecule has 1 aliphatic rings. The van der Waals surface area contributed by atoms with Gasteiger partial charge in [-0.3, -0.25) is 9.59 Å². The van der Waals surface area contributed by atoms with Gasteiger partial charge in [-0.1, -0.05) is 6.07 Å². The van der Waals surface area contributed by atoms with Crippen LogP contribution in [0.2, 0.25) is 0 Å². The Hall–Kier alpha value is -2.74. The van der Waals surface area contributed by atoms with E-state index in [1.165, 1.54) is 12.1 Å². The van der Waals surface area contributed by atoms with Gasteiger partial charge in [0.1, 0.15) is 5.70 Å². The van der Waals surface area contributed by atoms with E-state index in [0.717, 1.165) is 0 Å². The Morgan fingerprint density at radius 2 is 1.96 bits per heavy atom. The van der Waals surface area contributed by atoms with Crippen LogP contribution in [0.5, 0.6) is 11.5 Å². The molecule has 0 radical (unpaired) electrons. The van der Waals surface area contributed by atoms with Crippen molar-refractivity contribution in [3.63, 3.8) is 0 Å². The number of halogens is 1. The number of fused-ring (bicyclic) bond motifs is 1. The fraction of sp³-hybridized carbons (Fsp3) is 0.0667. The highest BCUT2D eigenvalue weighted by Gasteiger charge is 2.16. The van der Waals surface area contributed by atoms with Crippen LogP contribution >= 0.6 is 15.9 Å². The van der Waals surface area contributed by atoms with Crippen LogP contribution in [0.25, 0.3) is 6.08 Å². The van der Waals surface area contributed by atoms with Crippen LogP contribution in [0, 0.1) is 0 Å². The van der Waals surface area contributed by atoms with Crippen LogP contribution in [-0.4, -0.2) is 18.6 Å². The fourth-order valence-corrected chi connectivity index (χ4v) is 2.27. The summed E-state index contributed by atoms with van der Waals surface area (Å²) in [5.41, 5.74) is 5.87. The quantitative estimate of drug-likeness (QED) is 0.792. The van der Waals surface area contributed by atoms with Gasteiger partial charge in [-0.15, -0.1) is 0 Å². The highest BCUT2D eigenvalue weighted by molar-refractivity contribution is 9.10. The maximum Gasteiger partial charge on any atom is 0.291 e. The van der Waals surface area contributed by atoms with E-state index in [2.05, 4.69) is 21.2 Å². The molecule has 2 heterocycles. The molecular weight excluding hydrogens is 368 g/mol. The minimum absolute atomic E-state index is 0.0507. The van der Waals surface area contributed by atoms with Crippen molar-refractivity contribution >= 4 is 33.8 Å². The maximum absolute atomic E-state index is 12.0. The van der Waals surface area contributed by atoms with E-state index in [9.17, 15) is 9.59 Å². The summed E-state index contributed by atoms with van der Waals surface area (Å²) in [6.07, 6.45) is 1.44. The molecule has 2 amide bonds. The Morgan fingerprint density at radius 3 is 2.65 bits per heavy atom. The summed E-state index contributed by atoms with van der Waals surface area (Å²) in [4.78, 5) is 23.6. The summed E-state index contributed by atoms with van der Waals surface area (Å²) in [6, 6.07) is 8.14. The van der Waals surface area contributed by atoms with Crippen LogP contribution in [0.15, 0.2) is 45.1 Å². The number of carbonyl (C=O) groups excluding carboxylic acids is 2. The van der Waals surface area contributed by atoms with Gasteiger partial charge in [0.2, 0.25) is 6.79 Å². The van der Waals surface area contributed by atoms with Crippen molar-refractivity contribution in [2.75, 3.05) is 6.79 Å². The second-order valence-electron chi connectivity index (χ2n) is 4.59. The smallest absolute Gasteiger partial charge is 0.291 e. The van der Waals surface area contributed by atoms with Crippen molar-refractivity contribution in [2.24, 2.45) is 5.73 Å². The molecule has 3 rings (SSSR count). The number of nitrogens with one attached hydrogen (secondary N) is 1. The monoisotopic (exact) mass is 378 g/mol. The molecule has 7 nitrogen and oxygen atoms in total. The van der Waals surface area contributed by atoms with E-state index >= 15 is 0 Å². The molecule has 0 fully saturated rings. The van der Waals surface area contributed by atoms with Crippen molar-refractivity contribution in [1.29, 1.82) is 0 Å². The van der Waals surface area contributed by atoms with Crippen LogP contribution in [0.4, 0.5) is 0 Å². The van der Waals surface area contributed by atoms with Crippen LogP contribution < -0.4 is 20.5 Å². The van der Waals surface area contributed by atoms with E-state index < -0.39 is 11.8 Å². The van der Waals surface area contributed by atoms with Gasteiger partial charge in [-0.2, -0.15) is 0 Å². The lowest BCUT2D eigenvalue weighted by Gasteiger charge is -2.06. The molecule has 0 spiro atoms. The van der Waals surface area contributed by atoms with E-state index in [4.69, 9.17) is 19.6 Å². The van der Waals surface area contributed by atoms with E-state index in [1.54, 1.807) is 24.3 Å². The minimum Gasteiger partial charge on any atom is -0.454 e. The Labute approximate surface area is 139 Å². The van der Waals surface area contributed by atoms with Crippen molar-refractivity contribution in [3.05, 3.63) is 52.0 Å². The molecule has 1 aromatic carbocycles. The number of nitrogens with two attached hydrogens (primary N) is 1. The third kappa shape index (κ3) is 3.37. The zero-order chi connectivity index (χ0) is 16.4. The van der Waals surface area contributed by atoms with E-state index in [1.807, 2.05) is 0 Å². The highest BCUT2D eigenvalue weighted by Crippen LogP contribution is 2.33. The largest absolute Gasteiger partial charge is 0.454 e. The fourth-order valence-electron chi connectivity index (χ4n) is 1.96. The first-order valence-electron chi connectivity index (χ1n) is 6.51. The molecule has 0 bridgehead atoms. The Bertz CT molecular complexity index is 812. The van der Waals surface area contributed by atoms with Gasteiger partial charge in [0.15, 0.2) is 21.9 Å². The van der Waals surface area contributed by atoms with Gasteiger partial charge in [0, 0.05) is 0 Å². The first-order chi connectivity index (χ1) is 11.0. The zero-order valence-corrected chi connectivity index (χ0v) is 13.3. The van der Waals surface area contributed by atoms with E-state index in [0.29, 0.717) is 21.7 Å². The highest BCUT2D eigenvalue weighted by atomic mass is 79.9. The molecule has 0 saturated carbocycles. The Balaban J connectivity index is 1.83. The normalized spacial score (nSPS) is 13.0. The van der Waals surface area contributed by atoms with Gasteiger partial charge in [0.25, 0.3) is 11.8 Å². The van der Waals surface area contributed by atoms with Gasteiger partial charge in [-0.25, -0.2) is 0 Å². The number of ether oxygens (including phenoxy) is 2. The summed E-state index contributed by atoms with van der Waals surface area (Å²) in [6.45, 7) is 0.148. The number of primary amides is 1. The molecular formula is C15H11BrN2O5. The standard InChI is InChI=1S/C15H11BrN2O5/c16-13-4-3-11(23-13)15(20)18-9(14(17)19)5-8-1-2-10-12(6-8)22-7-21-10/h1-6H,7H2,(H2,17,19)(H,18,20)/b9-5+. The first kappa shape index (κ1) is 15.2. The zero-order valence-electron chi connectivity index (χ0n) is 11.7.